The number of hydrogen-bond donors (Lipinski definition) is 1. The van der Waals surface area contributed by atoms with Crippen molar-refractivity contribution in [2.75, 3.05) is 0 Å². The summed E-state index contributed by atoms with van der Waals surface area (Å²) in [6.07, 6.45) is 0. The van der Waals surface area contributed by atoms with Crippen molar-refractivity contribution >= 4 is 17.3 Å². The fourth-order valence-corrected chi connectivity index (χ4v) is 0.316. The van der Waals surface area contributed by atoms with Gasteiger partial charge in [0.25, 0.3) is 0 Å². The average Bonchev–Trinajstić information content (AvgIpc) is 1.64. The lowest BCUT2D eigenvalue weighted by Crippen LogP contribution is -1.99. The first kappa shape index (κ1) is 7.56. The molecule has 0 aromatic rings. The summed E-state index contributed by atoms with van der Waals surface area (Å²) >= 11 is 4.19. The Kier molecular flexibility index (Phi) is 2.62. The maximum atomic E-state index is 11.9. The van der Waals surface area contributed by atoms with Crippen LogP contribution in [0.15, 0.2) is 11.3 Å². The molecule has 0 saturated carbocycles. The maximum absolute atomic E-state index is 11.9. The number of thiocarbonyl (C=S) groups is 1. The SMILES string of the molecule is CC(N)=C(C)C(F)=S. The van der Waals surface area contributed by atoms with Crippen molar-refractivity contribution in [2.24, 2.45) is 5.73 Å². The summed E-state index contributed by atoms with van der Waals surface area (Å²) < 4.78 is 11.9. The third-order valence-corrected chi connectivity index (χ3v) is 1.19. The minimum atomic E-state index is -0.620. The van der Waals surface area contributed by atoms with E-state index in [0.29, 0.717) is 11.3 Å². The molecular formula is C5H8FNS. The zero-order valence-electron chi connectivity index (χ0n) is 4.86. The van der Waals surface area contributed by atoms with Crippen LogP contribution in [-0.2, 0) is 0 Å². The van der Waals surface area contributed by atoms with Gasteiger partial charge in [-0.1, -0.05) is 0 Å². The predicted molar refractivity (Wildman–Crippen MR) is 36.3 cm³/mol. The van der Waals surface area contributed by atoms with Gasteiger partial charge in [-0.15, -0.1) is 0 Å². The highest BCUT2D eigenvalue weighted by atomic mass is 32.1. The van der Waals surface area contributed by atoms with Gasteiger partial charge in [0.2, 0.25) is 0 Å². The van der Waals surface area contributed by atoms with E-state index in [9.17, 15) is 4.39 Å². The van der Waals surface area contributed by atoms with E-state index in [0.717, 1.165) is 0 Å². The van der Waals surface area contributed by atoms with E-state index < -0.39 is 5.12 Å². The van der Waals surface area contributed by atoms with Crippen molar-refractivity contribution in [3.63, 3.8) is 0 Å². The van der Waals surface area contributed by atoms with E-state index in [2.05, 4.69) is 12.2 Å². The van der Waals surface area contributed by atoms with Crippen molar-refractivity contribution in [1.29, 1.82) is 0 Å². The van der Waals surface area contributed by atoms with E-state index in [1.54, 1.807) is 13.8 Å². The van der Waals surface area contributed by atoms with E-state index in [-0.39, 0.29) is 0 Å². The van der Waals surface area contributed by atoms with Crippen LogP contribution >= 0.6 is 12.2 Å². The predicted octanol–water partition coefficient (Wildman–Crippen LogP) is 1.54. The summed E-state index contributed by atoms with van der Waals surface area (Å²) in [5.41, 5.74) is 5.99. The first-order valence-electron chi connectivity index (χ1n) is 2.18. The van der Waals surface area contributed by atoms with E-state index in [4.69, 9.17) is 5.73 Å². The molecule has 0 aliphatic heterocycles. The van der Waals surface area contributed by atoms with Gasteiger partial charge < -0.3 is 5.73 Å². The van der Waals surface area contributed by atoms with Crippen molar-refractivity contribution in [3.05, 3.63) is 11.3 Å². The van der Waals surface area contributed by atoms with Crippen molar-refractivity contribution in [2.45, 2.75) is 13.8 Å². The van der Waals surface area contributed by atoms with Crippen molar-refractivity contribution in [3.8, 4) is 0 Å². The highest BCUT2D eigenvalue weighted by molar-refractivity contribution is 7.80. The molecular weight excluding hydrogens is 125 g/mol. The molecule has 0 aromatic heterocycles. The molecule has 2 N–H and O–H groups in total. The molecule has 0 unspecified atom stereocenters. The van der Waals surface area contributed by atoms with Crippen LogP contribution < -0.4 is 5.73 Å². The average molecular weight is 133 g/mol. The zero-order chi connectivity index (χ0) is 6.73. The number of allylic oxidation sites excluding steroid dienone is 2. The molecule has 0 aromatic carbocycles. The second-order valence-electron chi connectivity index (χ2n) is 1.58. The van der Waals surface area contributed by atoms with Gasteiger partial charge in [0.1, 0.15) is 0 Å². The molecule has 0 saturated heterocycles. The third-order valence-electron chi connectivity index (χ3n) is 0.886. The molecule has 0 atom stereocenters. The van der Waals surface area contributed by atoms with E-state index >= 15 is 0 Å². The molecule has 0 spiro atoms. The Bertz CT molecular complexity index is 135. The topological polar surface area (TPSA) is 26.0 Å². The molecule has 0 heterocycles. The maximum Gasteiger partial charge on any atom is 0.190 e. The first-order valence-corrected chi connectivity index (χ1v) is 2.59. The fourth-order valence-electron chi connectivity index (χ4n) is 0.155. The second kappa shape index (κ2) is 2.77. The quantitative estimate of drug-likeness (QED) is 0.333. The van der Waals surface area contributed by atoms with Crippen molar-refractivity contribution in [1.82, 2.24) is 0 Å². The molecule has 8 heavy (non-hydrogen) atoms. The zero-order valence-corrected chi connectivity index (χ0v) is 5.68. The molecule has 0 rings (SSSR count). The van der Waals surface area contributed by atoms with Crippen LogP contribution in [0, 0.1) is 0 Å². The summed E-state index contributed by atoms with van der Waals surface area (Å²) in [5, 5.41) is -0.620. The van der Waals surface area contributed by atoms with Gasteiger partial charge >= 0.3 is 0 Å². The smallest absolute Gasteiger partial charge is 0.190 e. The highest BCUT2D eigenvalue weighted by Crippen LogP contribution is 2.00. The molecule has 0 aliphatic rings. The van der Waals surface area contributed by atoms with Crippen LogP contribution in [-0.4, -0.2) is 5.12 Å². The summed E-state index contributed by atoms with van der Waals surface area (Å²) in [4.78, 5) is 0. The largest absolute Gasteiger partial charge is 0.402 e. The number of hydrogen-bond acceptors (Lipinski definition) is 2. The van der Waals surface area contributed by atoms with Crippen LogP contribution in [0.25, 0.3) is 0 Å². The summed E-state index contributed by atoms with van der Waals surface area (Å²) in [6.45, 7) is 3.17. The van der Waals surface area contributed by atoms with Crippen molar-refractivity contribution < 1.29 is 4.39 Å². The van der Waals surface area contributed by atoms with E-state index in [1.807, 2.05) is 0 Å². The normalized spacial score (nSPS) is 12.9. The lowest BCUT2D eigenvalue weighted by molar-refractivity contribution is 0.825. The van der Waals surface area contributed by atoms with Gasteiger partial charge in [-0.3, -0.25) is 0 Å². The van der Waals surface area contributed by atoms with Crippen LogP contribution in [0.5, 0.6) is 0 Å². The standard InChI is InChI=1S/C5H8FNS/c1-3(4(2)7)5(6)8/h7H2,1-2H3. The third kappa shape index (κ3) is 2.02. The Hall–Kier alpha value is -0.440. The van der Waals surface area contributed by atoms with Gasteiger partial charge in [-0.25, -0.2) is 0 Å². The first-order chi connectivity index (χ1) is 3.55. The molecule has 0 radical (unpaired) electrons. The Balaban J connectivity index is 4.23. The molecule has 3 heteroatoms. The van der Waals surface area contributed by atoms with Crippen LogP contribution in [0.4, 0.5) is 4.39 Å². The van der Waals surface area contributed by atoms with Gasteiger partial charge in [0.15, 0.2) is 5.12 Å². The summed E-state index contributed by atoms with van der Waals surface area (Å²) in [7, 11) is 0. The number of halogens is 1. The van der Waals surface area contributed by atoms with Gasteiger partial charge in [0, 0.05) is 11.3 Å². The van der Waals surface area contributed by atoms with Gasteiger partial charge in [-0.05, 0) is 26.1 Å². The molecule has 0 fully saturated rings. The molecule has 0 bridgehead atoms. The molecule has 0 amide bonds. The lowest BCUT2D eigenvalue weighted by atomic mass is 10.3. The van der Waals surface area contributed by atoms with E-state index in [1.165, 1.54) is 0 Å². The molecule has 1 nitrogen and oxygen atoms in total. The summed E-state index contributed by atoms with van der Waals surface area (Å²) in [6, 6.07) is 0. The lowest BCUT2D eigenvalue weighted by Gasteiger charge is -1.93. The molecule has 0 aliphatic carbocycles. The second-order valence-corrected chi connectivity index (χ2v) is 1.94. The Labute approximate surface area is 53.4 Å². The van der Waals surface area contributed by atoms with Gasteiger partial charge in [0.05, 0.1) is 0 Å². The minimum absolute atomic E-state index is 0.361. The van der Waals surface area contributed by atoms with Crippen LogP contribution in [0.3, 0.4) is 0 Å². The molecule has 46 valence electrons. The minimum Gasteiger partial charge on any atom is -0.402 e. The van der Waals surface area contributed by atoms with Gasteiger partial charge in [-0.2, -0.15) is 4.39 Å². The monoisotopic (exact) mass is 133 g/mol. The fraction of sp³-hybridized carbons (Fsp3) is 0.400. The number of rotatable bonds is 1. The van der Waals surface area contributed by atoms with Crippen LogP contribution in [0.1, 0.15) is 13.8 Å². The van der Waals surface area contributed by atoms with Crippen LogP contribution in [0.2, 0.25) is 0 Å². The number of nitrogens with two attached hydrogens (primary N) is 1. The Morgan fingerprint density at radius 1 is 1.50 bits per heavy atom. The Morgan fingerprint density at radius 2 is 1.88 bits per heavy atom. The Morgan fingerprint density at radius 3 is 1.88 bits per heavy atom. The highest BCUT2D eigenvalue weighted by Gasteiger charge is 1.96. The summed E-state index contributed by atoms with van der Waals surface area (Å²) in [5.74, 6) is 0.